The lowest BCUT2D eigenvalue weighted by Gasteiger charge is -2.19. The Morgan fingerprint density at radius 1 is 1.27 bits per heavy atom. The van der Waals surface area contributed by atoms with E-state index in [0.717, 1.165) is 16.5 Å². The van der Waals surface area contributed by atoms with Gasteiger partial charge in [-0.3, -0.25) is 4.98 Å². The van der Waals surface area contributed by atoms with Crippen LogP contribution in [0.25, 0.3) is 10.8 Å². The average Bonchev–Trinajstić information content (AvgIpc) is 2.44. The summed E-state index contributed by atoms with van der Waals surface area (Å²) in [4.78, 5) is 15.6. The number of benzene rings is 1. The van der Waals surface area contributed by atoms with Crippen LogP contribution in [0.4, 0.5) is 16.2 Å². The Morgan fingerprint density at radius 2 is 2.05 bits per heavy atom. The molecule has 0 aliphatic heterocycles. The van der Waals surface area contributed by atoms with E-state index in [1.54, 1.807) is 12.4 Å². The number of amides is 1. The standard InChI is InChI=1S/C16H22N4O2/c1-16(2,3)22-15(21)20-9-8-19-13-5-4-11-10-18-7-6-12(11)14(13)17/h4-7,10,19H,8-9,17H2,1-3H3,(H,20,21). The predicted octanol–water partition coefficient (Wildman–Crippen LogP) is 2.75. The minimum absolute atomic E-state index is 0.424. The lowest BCUT2D eigenvalue weighted by Crippen LogP contribution is -2.35. The molecule has 0 saturated heterocycles. The van der Waals surface area contributed by atoms with Gasteiger partial charge in [0.15, 0.2) is 0 Å². The fourth-order valence-electron chi connectivity index (χ4n) is 2.02. The molecule has 1 heterocycles. The summed E-state index contributed by atoms with van der Waals surface area (Å²) in [5, 5.41) is 7.86. The number of nitrogens with two attached hydrogens (primary N) is 1. The van der Waals surface area contributed by atoms with Crippen LogP contribution in [0.15, 0.2) is 30.6 Å². The van der Waals surface area contributed by atoms with Crippen LogP contribution in [0.1, 0.15) is 20.8 Å². The summed E-state index contributed by atoms with van der Waals surface area (Å²) in [6.07, 6.45) is 3.07. The molecular formula is C16H22N4O2. The van der Waals surface area contributed by atoms with Crippen molar-refractivity contribution >= 4 is 28.2 Å². The van der Waals surface area contributed by atoms with Crippen molar-refractivity contribution in [3.63, 3.8) is 0 Å². The van der Waals surface area contributed by atoms with E-state index < -0.39 is 11.7 Å². The molecule has 118 valence electrons. The van der Waals surface area contributed by atoms with Crippen molar-refractivity contribution in [2.75, 3.05) is 24.1 Å². The third-order valence-electron chi connectivity index (χ3n) is 2.97. The van der Waals surface area contributed by atoms with Crippen molar-refractivity contribution < 1.29 is 9.53 Å². The number of nitrogen functional groups attached to an aromatic ring is 1. The summed E-state index contributed by atoms with van der Waals surface area (Å²) in [5.41, 5.74) is 7.17. The molecule has 2 aromatic rings. The summed E-state index contributed by atoms with van der Waals surface area (Å²) in [7, 11) is 0. The molecule has 0 atom stereocenters. The van der Waals surface area contributed by atoms with Gasteiger partial charge in [0.2, 0.25) is 0 Å². The molecule has 1 aromatic carbocycles. The molecule has 22 heavy (non-hydrogen) atoms. The van der Waals surface area contributed by atoms with Gasteiger partial charge in [0.25, 0.3) is 0 Å². The van der Waals surface area contributed by atoms with Gasteiger partial charge >= 0.3 is 6.09 Å². The van der Waals surface area contributed by atoms with Crippen LogP contribution in [0.2, 0.25) is 0 Å². The van der Waals surface area contributed by atoms with E-state index in [2.05, 4.69) is 15.6 Å². The van der Waals surface area contributed by atoms with Gasteiger partial charge < -0.3 is 21.1 Å². The smallest absolute Gasteiger partial charge is 0.407 e. The summed E-state index contributed by atoms with van der Waals surface area (Å²) in [5.74, 6) is 0. The maximum atomic E-state index is 11.5. The van der Waals surface area contributed by atoms with E-state index in [4.69, 9.17) is 10.5 Å². The highest BCUT2D eigenvalue weighted by Crippen LogP contribution is 2.27. The van der Waals surface area contributed by atoms with E-state index in [-0.39, 0.29) is 0 Å². The first-order chi connectivity index (χ1) is 10.4. The number of nitrogens with zero attached hydrogens (tertiary/aromatic N) is 1. The van der Waals surface area contributed by atoms with Crippen molar-refractivity contribution in [1.82, 2.24) is 10.3 Å². The number of rotatable bonds is 4. The molecule has 0 unspecified atom stereocenters. The minimum atomic E-state index is -0.492. The highest BCUT2D eigenvalue weighted by Gasteiger charge is 2.15. The Kier molecular flexibility index (Phi) is 4.70. The van der Waals surface area contributed by atoms with Gasteiger partial charge in [0.05, 0.1) is 11.4 Å². The summed E-state index contributed by atoms with van der Waals surface area (Å²) in [6, 6.07) is 5.75. The zero-order chi connectivity index (χ0) is 16.2. The molecule has 6 heteroatoms. The normalized spacial score (nSPS) is 11.2. The van der Waals surface area contributed by atoms with Crippen LogP contribution in [-0.4, -0.2) is 29.8 Å². The lowest BCUT2D eigenvalue weighted by atomic mass is 10.1. The monoisotopic (exact) mass is 302 g/mol. The Morgan fingerprint density at radius 3 is 2.77 bits per heavy atom. The number of hydrogen-bond acceptors (Lipinski definition) is 5. The summed E-state index contributed by atoms with van der Waals surface area (Å²) < 4.78 is 5.16. The van der Waals surface area contributed by atoms with Gasteiger partial charge in [-0.15, -0.1) is 0 Å². The largest absolute Gasteiger partial charge is 0.444 e. The fourth-order valence-corrected chi connectivity index (χ4v) is 2.02. The topological polar surface area (TPSA) is 89.3 Å². The SMILES string of the molecule is CC(C)(C)OC(=O)NCCNc1ccc2cnccc2c1N. The van der Waals surface area contributed by atoms with E-state index >= 15 is 0 Å². The lowest BCUT2D eigenvalue weighted by molar-refractivity contribution is 0.0530. The number of anilines is 2. The van der Waals surface area contributed by atoms with Crippen LogP contribution in [0, 0.1) is 0 Å². The minimum Gasteiger partial charge on any atom is -0.444 e. The fraction of sp³-hybridized carbons (Fsp3) is 0.375. The number of pyridine rings is 1. The number of fused-ring (bicyclic) bond motifs is 1. The predicted molar refractivity (Wildman–Crippen MR) is 88.9 cm³/mol. The Bertz CT molecular complexity index is 665. The van der Waals surface area contributed by atoms with Crippen LogP contribution >= 0.6 is 0 Å². The maximum Gasteiger partial charge on any atom is 0.407 e. The highest BCUT2D eigenvalue weighted by atomic mass is 16.6. The average molecular weight is 302 g/mol. The molecule has 0 spiro atoms. The van der Waals surface area contributed by atoms with Crippen LogP contribution in [-0.2, 0) is 4.74 Å². The van der Waals surface area contributed by atoms with Crippen LogP contribution in [0.3, 0.4) is 0 Å². The van der Waals surface area contributed by atoms with Gasteiger partial charge in [-0.05, 0) is 32.9 Å². The molecule has 0 aliphatic carbocycles. The van der Waals surface area contributed by atoms with Crippen molar-refractivity contribution in [3.8, 4) is 0 Å². The molecule has 0 bridgehead atoms. The molecule has 1 amide bonds. The van der Waals surface area contributed by atoms with Gasteiger partial charge in [-0.1, -0.05) is 6.07 Å². The first-order valence-electron chi connectivity index (χ1n) is 7.20. The molecule has 0 radical (unpaired) electrons. The van der Waals surface area contributed by atoms with E-state index in [1.165, 1.54) is 0 Å². The number of nitrogens with one attached hydrogen (secondary N) is 2. The molecule has 6 nitrogen and oxygen atoms in total. The number of aromatic nitrogens is 1. The van der Waals surface area contributed by atoms with E-state index in [9.17, 15) is 4.79 Å². The van der Waals surface area contributed by atoms with Crippen molar-refractivity contribution in [2.45, 2.75) is 26.4 Å². The van der Waals surface area contributed by atoms with Crippen molar-refractivity contribution in [2.24, 2.45) is 0 Å². The number of alkyl carbamates (subject to hydrolysis) is 1. The van der Waals surface area contributed by atoms with Crippen molar-refractivity contribution in [3.05, 3.63) is 30.6 Å². The Hall–Kier alpha value is -2.50. The Labute approximate surface area is 130 Å². The number of ether oxygens (including phenoxy) is 1. The first-order valence-corrected chi connectivity index (χ1v) is 7.20. The molecule has 0 fully saturated rings. The molecule has 2 rings (SSSR count). The number of carbonyl (C=O) groups is 1. The molecule has 4 N–H and O–H groups in total. The van der Waals surface area contributed by atoms with E-state index in [1.807, 2.05) is 39.0 Å². The van der Waals surface area contributed by atoms with Gasteiger partial charge in [-0.25, -0.2) is 4.79 Å². The summed E-state index contributed by atoms with van der Waals surface area (Å²) in [6.45, 7) is 6.49. The summed E-state index contributed by atoms with van der Waals surface area (Å²) >= 11 is 0. The van der Waals surface area contributed by atoms with Gasteiger partial charge in [0, 0.05) is 36.3 Å². The maximum absolute atomic E-state index is 11.5. The second-order valence-corrected chi connectivity index (χ2v) is 5.98. The zero-order valence-electron chi connectivity index (χ0n) is 13.1. The third-order valence-corrected chi connectivity index (χ3v) is 2.97. The third kappa shape index (κ3) is 4.25. The second kappa shape index (κ2) is 6.51. The van der Waals surface area contributed by atoms with E-state index in [0.29, 0.717) is 18.8 Å². The molecular weight excluding hydrogens is 280 g/mol. The second-order valence-electron chi connectivity index (χ2n) is 5.98. The quantitative estimate of drug-likeness (QED) is 0.597. The van der Waals surface area contributed by atoms with Crippen LogP contribution < -0.4 is 16.4 Å². The first kappa shape index (κ1) is 15.9. The number of hydrogen-bond donors (Lipinski definition) is 3. The van der Waals surface area contributed by atoms with Gasteiger partial charge in [-0.2, -0.15) is 0 Å². The zero-order valence-corrected chi connectivity index (χ0v) is 13.1. The molecule has 1 aromatic heterocycles. The molecule has 0 saturated carbocycles. The highest BCUT2D eigenvalue weighted by molar-refractivity contribution is 5.98. The van der Waals surface area contributed by atoms with Crippen molar-refractivity contribution in [1.29, 1.82) is 0 Å². The Balaban J connectivity index is 1.88. The van der Waals surface area contributed by atoms with Gasteiger partial charge in [0.1, 0.15) is 5.60 Å². The number of carbonyl (C=O) groups excluding carboxylic acids is 1. The molecule has 0 aliphatic rings. The van der Waals surface area contributed by atoms with Crippen LogP contribution in [0.5, 0.6) is 0 Å².